The number of hydrogen-bond donors (Lipinski definition) is 1. The van der Waals surface area contributed by atoms with Crippen LogP contribution >= 0.6 is 0 Å². The molecule has 4 rings (SSSR count). The SMILES string of the molecule is Cc1cccc(N2Cc3cccc(NC(=O)Cc4cccnc4)c3C2=O)c1. The van der Waals surface area contributed by atoms with Crippen molar-refractivity contribution < 1.29 is 9.59 Å². The Kier molecular flexibility index (Phi) is 4.42. The molecule has 2 amide bonds. The van der Waals surface area contributed by atoms with Crippen LogP contribution in [0.25, 0.3) is 0 Å². The third-order valence-corrected chi connectivity index (χ3v) is 4.61. The number of carbonyl (C=O) groups is 2. The van der Waals surface area contributed by atoms with Crippen LogP contribution in [0, 0.1) is 6.92 Å². The van der Waals surface area contributed by atoms with Crippen molar-refractivity contribution in [3.05, 3.63) is 89.2 Å². The number of aromatic nitrogens is 1. The molecule has 1 N–H and O–H groups in total. The van der Waals surface area contributed by atoms with Gasteiger partial charge in [-0.15, -0.1) is 0 Å². The molecule has 0 atom stereocenters. The van der Waals surface area contributed by atoms with Crippen molar-refractivity contribution in [2.24, 2.45) is 0 Å². The summed E-state index contributed by atoms with van der Waals surface area (Å²) in [4.78, 5) is 31.2. The molecule has 3 aromatic rings. The smallest absolute Gasteiger partial charge is 0.261 e. The summed E-state index contributed by atoms with van der Waals surface area (Å²) in [6, 6.07) is 17.1. The van der Waals surface area contributed by atoms with Crippen molar-refractivity contribution in [3.63, 3.8) is 0 Å². The molecular formula is C22H19N3O2. The maximum absolute atomic E-state index is 13.0. The first-order chi connectivity index (χ1) is 13.1. The summed E-state index contributed by atoms with van der Waals surface area (Å²) in [5.41, 5.74) is 4.83. The Bertz CT molecular complexity index is 1020. The summed E-state index contributed by atoms with van der Waals surface area (Å²) in [5.74, 6) is -0.258. The van der Waals surface area contributed by atoms with E-state index < -0.39 is 0 Å². The average molecular weight is 357 g/mol. The first-order valence-corrected chi connectivity index (χ1v) is 8.81. The number of nitrogens with one attached hydrogen (secondary N) is 1. The number of benzene rings is 2. The van der Waals surface area contributed by atoms with Crippen molar-refractivity contribution >= 4 is 23.2 Å². The fourth-order valence-electron chi connectivity index (χ4n) is 3.35. The Morgan fingerprint density at radius 1 is 1.15 bits per heavy atom. The minimum absolute atomic E-state index is 0.0899. The van der Waals surface area contributed by atoms with Crippen molar-refractivity contribution in [2.75, 3.05) is 10.2 Å². The number of pyridine rings is 1. The Labute approximate surface area is 157 Å². The molecule has 2 heterocycles. The van der Waals surface area contributed by atoms with Crippen molar-refractivity contribution in [1.82, 2.24) is 4.98 Å². The van der Waals surface area contributed by atoms with Crippen LogP contribution in [0.15, 0.2) is 67.0 Å². The van der Waals surface area contributed by atoms with Gasteiger partial charge in [-0.05, 0) is 47.9 Å². The minimum Gasteiger partial charge on any atom is -0.325 e. The Morgan fingerprint density at radius 2 is 2.00 bits per heavy atom. The molecule has 0 unspecified atom stereocenters. The lowest BCUT2D eigenvalue weighted by Crippen LogP contribution is -2.24. The maximum Gasteiger partial charge on any atom is 0.261 e. The lowest BCUT2D eigenvalue weighted by molar-refractivity contribution is -0.115. The number of amides is 2. The van der Waals surface area contributed by atoms with Gasteiger partial charge in [0, 0.05) is 18.1 Å². The molecule has 0 radical (unpaired) electrons. The summed E-state index contributed by atoms with van der Waals surface area (Å²) in [7, 11) is 0. The molecule has 0 saturated carbocycles. The molecule has 1 aliphatic heterocycles. The van der Waals surface area contributed by atoms with E-state index in [2.05, 4.69) is 10.3 Å². The van der Waals surface area contributed by atoms with Gasteiger partial charge in [-0.25, -0.2) is 0 Å². The highest BCUT2D eigenvalue weighted by atomic mass is 16.2. The van der Waals surface area contributed by atoms with E-state index in [-0.39, 0.29) is 18.2 Å². The monoisotopic (exact) mass is 357 g/mol. The third-order valence-electron chi connectivity index (χ3n) is 4.61. The number of nitrogens with zero attached hydrogens (tertiary/aromatic N) is 2. The quantitative estimate of drug-likeness (QED) is 0.774. The summed E-state index contributed by atoms with van der Waals surface area (Å²) < 4.78 is 0. The lowest BCUT2D eigenvalue weighted by Gasteiger charge is -2.16. The van der Waals surface area contributed by atoms with E-state index in [4.69, 9.17) is 0 Å². The summed E-state index contributed by atoms with van der Waals surface area (Å²) >= 11 is 0. The van der Waals surface area contributed by atoms with Gasteiger partial charge in [0.1, 0.15) is 0 Å². The first-order valence-electron chi connectivity index (χ1n) is 8.81. The van der Waals surface area contributed by atoms with Crippen LogP contribution < -0.4 is 10.2 Å². The molecule has 0 saturated heterocycles. The number of aryl methyl sites for hydroxylation is 1. The standard InChI is InChI=1S/C22H19N3O2/c1-15-5-2-8-18(11-15)25-14-17-7-3-9-19(21(17)22(25)27)24-20(26)12-16-6-4-10-23-13-16/h2-11,13H,12,14H2,1H3,(H,24,26). The Hall–Kier alpha value is -3.47. The molecule has 1 aliphatic rings. The van der Waals surface area contributed by atoms with Gasteiger partial charge in [0.2, 0.25) is 5.91 Å². The highest BCUT2D eigenvalue weighted by molar-refractivity contribution is 6.15. The average Bonchev–Trinajstić information content (AvgIpc) is 3.00. The van der Waals surface area contributed by atoms with E-state index in [0.29, 0.717) is 17.8 Å². The molecule has 0 bridgehead atoms. The molecule has 1 aromatic heterocycles. The van der Waals surface area contributed by atoms with E-state index in [1.807, 2.05) is 49.4 Å². The van der Waals surface area contributed by atoms with E-state index in [1.54, 1.807) is 29.4 Å². The molecule has 134 valence electrons. The third kappa shape index (κ3) is 3.44. The fraction of sp³-hybridized carbons (Fsp3) is 0.136. The van der Waals surface area contributed by atoms with E-state index >= 15 is 0 Å². The molecule has 2 aromatic carbocycles. The van der Waals surface area contributed by atoms with Crippen molar-refractivity contribution in [2.45, 2.75) is 19.9 Å². The molecule has 5 heteroatoms. The zero-order valence-electron chi connectivity index (χ0n) is 15.0. The van der Waals surface area contributed by atoms with Gasteiger partial charge in [-0.3, -0.25) is 14.6 Å². The van der Waals surface area contributed by atoms with Gasteiger partial charge >= 0.3 is 0 Å². The zero-order chi connectivity index (χ0) is 18.8. The maximum atomic E-state index is 13.0. The number of hydrogen-bond acceptors (Lipinski definition) is 3. The lowest BCUT2D eigenvalue weighted by atomic mass is 10.1. The van der Waals surface area contributed by atoms with Crippen LogP contribution in [0.1, 0.15) is 27.0 Å². The molecule has 5 nitrogen and oxygen atoms in total. The molecular weight excluding hydrogens is 338 g/mol. The number of rotatable bonds is 4. The van der Waals surface area contributed by atoms with Gasteiger partial charge < -0.3 is 10.2 Å². The Balaban J connectivity index is 1.57. The predicted molar refractivity (Wildman–Crippen MR) is 105 cm³/mol. The van der Waals surface area contributed by atoms with Crippen LogP contribution in [-0.4, -0.2) is 16.8 Å². The van der Waals surface area contributed by atoms with Gasteiger partial charge in [-0.1, -0.05) is 30.3 Å². The van der Waals surface area contributed by atoms with Crippen LogP contribution in [-0.2, 0) is 17.8 Å². The van der Waals surface area contributed by atoms with Crippen molar-refractivity contribution in [1.29, 1.82) is 0 Å². The van der Waals surface area contributed by atoms with Gasteiger partial charge in [0.05, 0.1) is 24.2 Å². The topological polar surface area (TPSA) is 62.3 Å². The summed E-state index contributed by atoms with van der Waals surface area (Å²) in [6.07, 6.45) is 3.55. The Morgan fingerprint density at radius 3 is 2.78 bits per heavy atom. The minimum atomic E-state index is -0.168. The number of anilines is 2. The van der Waals surface area contributed by atoms with E-state index in [0.717, 1.165) is 22.4 Å². The van der Waals surface area contributed by atoms with Crippen molar-refractivity contribution in [3.8, 4) is 0 Å². The first kappa shape index (κ1) is 17.0. The normalized spacial score (nSPS) is 12.8. The highest BCUT2D eigenvalue weighted by Gasteiger charge is 2.31. The number of carbonyl (C=O) groups excluding carboxylic acids is 2. The highest BCUT2D eigenvalue weighted by Crippen LogP contribution is 2.33. The molecule has 0 spiro atoms. The zero-order valence-corrected chi connectivity index (χ0v) is 15.0. The second kappa shape index (κ2) is 7.03. The second-order valence-electron chi connectivity index (χ2n) is 6.66. The van der Waals surface area contributed by atoms with Gasteiger partial charge in [-0.2, -0.15) is 0 Å². The number of fused-ring (bicyclic) bond motifs is 1. The van der Waals surface area contributed by atoms with E-state index in [1.165, 1.54) is 0 Å². The van der Waals surface area contributed by atoms with Crippen LogP contribution in [0.2, 0.25) is 0 Å². The van der Waals surface area contributed by atoms with Crippen LogP contribution in [0.4, 0.5) is 11.4 Å². The largest absolute Gasteiger partial charge is 0.325 e. The second-order valence-corrected chi connectivity index (χ2v) is 6.66. The molecule has 0 aliphatic carbocycles. The molecule has 0 fully saturated rings. The van der Waals surface area contributed by atoms with E-state index in [9.17, 15) is 9.59 Å². The van der Waals surface area contributed by atoms with Crippen LogP contribution in [0.3, 0.4) is 0 Å². The summed E-state index contributed by atoms with van der Waals surface area (Å²) in [5, 5.41) is 2.89. The predicted octanol–water partition coefficient (Wildman–Crippen LogP) is 3.73. The van der Waals surface area contributed by atoms with Gasteiger partial charge in [0.25, 0.3) is 5.91 Å². The van der Waals surface area contributed by atoms with Crippen LogP contribution in [0.5, 0.6) is 0 Å². The molecule has 27 heavy (non-hydrogen) atoms. The summed E-state index contributed by atoms with van der Waals surface area (Å²) in [6.45, 7) is 2.51. The fourth-order valence-corrected chi connectivity index (χ4v) is 3.35. The van der Waals surface area contributed by atoms with Gasteiger partial charge in [0.15, 0.2) is 0 Å².